The second kappa shape index (κ2) is 6.17. The molecule has 0 aliphatic carbocycles. The molecule has 0 fully saturated rings. The Morgan fingerprint density at radius 2 is 1.82 bits per heavy atom. The van der Waals surface area contributed by atoms with Crippen LogP contribution >= 0.6 is 0 Å². The molecule has 96 valence electrons. The molecule has 1 N–H and O–H groups in total. The van der Waals surface area contributed by atoms with Crippen LogP contribution in [0, 0.1) is 5.92 Å². The van der Waals surface area contributed by atoms with Crippen molar-refractivity contribution < 1.29 is 13.5 Å². The largest absolute Gasteiger partial charge is 0.388 e. The van der Waals surface area contributed by atoms with E-state index in [2.05, 4.69) is 0 Å². The maximum Gasteiger partial charge on any atom is 0.150 e. The molecule has 3 nitrogen and oxygen atoms in total. The van der Waals surface area contributed by atoms with E-state index in [1.807, 2.05) is 37.3 Å². The molecule has 4 heteroatoms. The second-order valence-electron chi connectivity index (χ2n) is 4.36. The summed E-state index contributed by atoms with van der Waals surface area (Å²) < 4.78 is 22.8. The molecule has 17 heavy (non-hydrogen) atoms. The van der Waals surface area contributed by atoms with Gasteiger partial charge in [0, 0.05) is 5.75 Å². The molecule has 2 unspecified atom stereocenters. The van der Waals surface area contributed by atoms with Gasteiger partial charge in [0.15, 0.2) is 0 Å². The van der Waals surface area contributed by atoms with Crippen molar-refractivity contribution >= 4 is 9.84 Å². The number of hydrogen-bond donors (Lipinski definition) is 1. The quantitative estimate of drug-likeness (QED) is 0.848. The smallest absolute Gasteiger partial charge is 0.150 e. The molecule has 1 rings (SSSR count). The highest BCUT2D eigenvalue weighted by Gasteiger charge is 2.18. The van der Waals surface area contributed by atoms with E-state index < -0.39 is 15.9 Å². The molecule has 0 aliphatic rings. The fourth-order valence-corrected chi connectivity index (χ4v) is 2.67. The lowest BCUT2D eigenvalue weighted by Crippen LogP contribution is -2.16. The Morgan fingerprint density at radius 1 is 1.24 bits per heavy atom. The van der Waals surface area contributed by atoms with Gasteiger partial charge in [-0.2, -0.15) is 0 Å². The lowest BCUT2D eigenvalue weighted by Gasteiger charge is -2.18. The Kier molecular flexibility index (Phi) is 5.15. The van der Waals surface area contributed by atoms with Crippen LogP contribution in [-0.4, -0.2) is 25.0 Å². The third-order valence-corrected chi connectivity index (χ3v) is 4.74. The van der Waals surface area contributed by atoms with E-state index in [0.717, 1.165) is 5.56 Å². The second-order valence-corrected chi connectivity index (χ2v) is 6.83. The number of aliphatic hydroxyl groups is 1. The monoisotopic (exact) mass is 256 g/mol. The first kappa shape index (κ1) is 14.2. The Morgan fingerprint density at radius 3 is 2.35 bits per heavy atom. The summed E-state index contributed by atoms with van der Waals surface area (Å²) in [7, 11) is -2.94. The molecule has 0 aliphatic heterocycles. The maximum absolute atomic E-state index is 11.4. The molecule has 0 saturated carbocycles. The number of benzene rings is 1. The molecule has 0 spiro atoms. The maximum atomic E-state index is 11.4. The van der Waals surface area contributed by atoms with E-state index in [0.29, 0.717) is 6.42 Å². The van der Waals surface area contributed by atoms with E-state index in [1.165, 1.54) is 0 Å². The van der Waals surface area contributed by atoms with Crippen molar-refractivity contribution in [2.45, 2.75) is 26.4 Å². The molecule has 2 atom stereocenters. The summed E-state index contributed by atoms with van der Waals surface area (Å²) in [5.74, 6) is 0.258. The molecular weight excluding hydrogens is 236 g/mol. The minimum absolute atomic E-state index is 0.0567. The third-order valence-electron chi connectivity index (χ3n) is 3.00. The highest BCUT2D eigenvalue weighted by Crippen LogP contribution is 2.24. The molecular formula is C13H20O3S. The fourth-order valence-electron chi connectivity index (χ4n) is 1.65. The molecule has 1 aromatic rings. The summed E-state index contributed by atoms with van der Waals surface area (Å²) in [5.41, 5.74) is 0.842. The van der Waals surface area contributed by atoms with Crippen LogP contribution in [0.3, 0.4) is 0 Å². The topological polar surface area (TPSA) is 54.4 Å². The Balaban J connectivity index is 2.57. The van der Waals surface area contributed by atoms with Crippen molar-refractivity contribution in [2.24, 2.45) is 5.92 Å². The zero-order valence-electron chi connectivity index (χ0n) is 10.3. The van der Waals surface area contributed by atoms with Gasteiger partial charge < -0.3 is 5.11 Å². The highest BCUT2D eigenvalue weighted by molar-refractivity contribution is 7.91. The van der Waals surface area contributed by atoms with Crippen molar-refractivity contribution in [1.82, 2.24) is 0 Å². The standard InChI is InChI=1S/C13H20O3S/c1-3-17(15,16)10-9-11(2)13(14)12-7-5-4-6-8-12/h4-8,11,13-14H,3,9-10H2,1-2H3. The van der Waals surface area contributed by atoms with Gasteiger partial charge in [0.05, 0.1) is 11.9 Å². The minimum atomic E-state index is -2.94. The van der Waals surface area contributed by atoms with Gasteiger partial charge >= 0.3 is 0 Å². The number of hydrogen-bond acceptors (Lipinski definition) is 3. The van der Waals surface area contributed by atoms with Gasteiger partial charge in [-0.05, 0) is 17.9 Å². The fraction of sp³-hybridized carbons (Fsp3) is 0.538. The number of sulfone groups is 1. The van der Waals surface area contributed by atoms with Crippen LogP contribution in [0.2, 0.25) is 0 Å². The predicted molar refractivity (Wildman–Crippen MR) is 69.5 cm³/mol. The molecule has 0 radical (unpaired) electrons. The summed E-state index contributed by atoms with van der Waals surface area (Å²) in [6.07, 6.45) is -0.102. The molecule has 0 bridgehead atoms. The average Bonchev–Trinajstić information content (AvgIpc) is 2.36. The Bertz CT molecular complexity index is 425. The van der Waals surface area contributed by atoms with Crippen molar-refractivity contribution in [3.8, 4) is 0 Å². The number of aliphatic hydroxyl groups excluding tert-OH is 1. The van der Waals surface area contributed by atoms with E-state index in [9.17, 15) is 13.5 Å². The van der Waals surface area contributed by atoms with Gasteiger partial charge in [-0.1, -0.05) is 44.2 Å². The molecule has 0 amide bonds. The van der Waals surface area contributed by atoms with Crippen molar-refractivity contribution in [1.29, 1.82) is 0 Å². The predicted octanol–water partition coefficient (Wildman–Crippen LogP) is 2.18. The van der Waals surface area contributed by atoms with Gasteiger partial charge in [-0.15, -0.1) is 0 Å². The zero-order valence-corrected chi connectivity index (χ0v) is 11.2. The van der Waals surface area contributed by atoms with Crippen molar-refractivity contribution in [3.05, 3.63) is 35.9 Å². The van der Waals surface area contributed by atoms with Crippen molar-refractivity contribution in [2.75, 3.05) is 11.5 Å². The Hall–Kier alpha value is -0.870. The van der Waals surface area contributed by atoms with E-state index in [1.54, 1.807) is 6.92 Å². The van der Waals surface area contributed by atoms with Crippen LogP contribution < -0.4 is 0 Å². The van der Waals surface area contributed by atoms with Crippen LogP contribution in [0.15, 0.2) is 30.3 Å². The third kappa shape index (κ3) is 4.48. The molecule has 0 aromatic heterocycles. The molecule has 1 aromatic carbocycles. The van der Waals surface area contributed by atoms with Crippen LogP contribution in [0.4, 0.5) is 0 Å². The summed E-state index contributed by atoms with van der Waals surface area (Å²) in [4.78, 5) is 0. The van der Waals surface area contributed by atoms with Gasteiger partial charge in [-0.3, -0.25) is 0 Å². The average molecular weight is 256 g/mol. The van der Waals surface area contributed by atoms with Gasteiger partial charge in [0.25, 0.3) is 0 Å². The summed E-state index contributed by atoms with van der Waals surface area (Å²) in [6, 6.07) is 9.34. The lowest BCUT2D eigenvalue weighted by atomic mass is 9.95. The SMILES string of the molecule is CCS(=O)(=O)CCC(C)C(O)c1ccccc1. The van der Waals surface area contributed by atoms with Gasteiger partial charge in [-0.25, -0.2) is 8.42 Å². The first-order valence-electron chi connectivity index (χ1n) is 5.89. The lowest BCUT2D eigenvalue weighted by molar-refractivity contribution is 0.116. The van der Waals surface area contributed by atoms with Crippen LogP contribution in [0.1, 0.15) is 31.9 Å². The van der Waals surface area contributed by atoms with Crippen LogP contribution in [-0.2, 0) is 9.84 Å². The first-order chi connectivity index (χ1) is 7.96. The van der Waals surface area contributed by atoms with E-state index in [-0.39, 0.29) is 17.4 Å². The normalized spacial score (nSPS) is 15.5. The van der Waals surface area contributed by atoms with E-state index in [4.69, 9.17) is 0 Å². The number of rotatable bonds is 6. The van der Waals surface area contributed by atoms with Gasteiger partial charge in [0.1, 0.15) is 9.84 Å². The van der Waals surface area contributed by atoms with Crippen molar-refractivity contribution in [3.63, 3.8) is 0 Å². The van der Waals surface area contributed by atoms with E-state index >= 15 is 0 Å². The van der Waals surface area contributed by atoms with Crippen LogP contribution in [0.5, 0.6) is 0 Å². The Labute approximate surface area is 103 Å². The molecule has 0 heterocycles. The summed E-state index contributed by atoms with van der Waals surface area (Å²) >= 11 is 0. The van der Waals surface area contributed by atoms with Gasteiger partial charge in [0.2, 0.25) is 0 Å². The zero-order chi connectivity index (χ0) is 12.9. The minimum Gasteiger partial charge on any atom is -0.388 e. The summed E-state index contributed by atoms with van der Waals surface area (Å²) in [6.45, 7) is 3.52. The first-order valence-corrected chi connectivity index (χ1v) is 7.72. The highest BCUT2D eigenvalue weighted by atomic mass is 32.2. The summed E-state index contributed by atoms with van der Waals surface area (Å²) in [5, 5.41) is 10.1. The van der Waals surface area contributed by atoms with Crippen LogP contribution in [0.25, 0.3) is 0 Å². The molecule has 0 saturated heterocycles.